The van der Waals surface area contributed by atoms with E-state index in [4.69, 9.17) is 0 Å². The van der Waals surface area contributed by atoms with Crippen LogP contribution in [0.25, 0.3) is 10.0 Å². The molecule has 184 valence electrons. The fraction of sp³-hybridized carbons (Fsp3) is 0.250. The third-order valence-corrected chi connectivity index (χ3v) is 8.57. The minimum absolute atomic E-state index is 0. The van der Waals surface area contributed by atoms with E-state index in [1.165, 1.54) is 17.0 Å². The van der Waals surface area contributed by atoms with Gasteiger partial charge in [-0.3, -0.25) is 9.59 Å². The van der Waals surface area contributed by atoms with Gasteiger partial charge >= 0.3 is 0 Å². The van der Waals surface area contributed by atoms with Gasteiger partial charge in [0.1, 0.15) is 13.1 Å². The summed E-state index contributed by atoms with van der Waals surface area (Å²) in [5, 5.41) is 7.91. The molecule has 5 rings (SSSR count). The molecule has 1 amide bonds. The highest BCUT2D eigenvalue weighted by Crippen LogP contribution is 2.30. The van der Waals surface area contributed by atoms with Crippen molar-refractivity contribution in [1.29, 1.82) is 0 Å². The van der Waals surface area contributed by atoms with E-state index in [1.54, 1.807) is 22.7 Å². The second-order valence-corrected chi connectivity index (χ2v) is 10.5. The number of thiazole rings is 2. The van der Waals surface area contributed by atoms with Gasteiger partial charge in [0, 0.05) is 54.5 Å². The van der Waals surface area contributed by atoms with Gasteiger partial charge in [-0.25, -0.2) is 4.57 Å². The van der Waals surface area contributed by atoms with Crippen LogP contribution in [-0.2, 0) is 17.9 Å². The number of piperazine rings is 1. The monoisotopic (exact) mass is 654 g/mol. The van der Waals surface area contributed by atoms with Gasteiger partial charge in [0.05, 0.1) is 4.88 Å². The molecule has 0 spiro atoms. The number of anilines is 1. The molecule has 0 radical (unpaired) electrons. The van der Waals surface area contributed by atoms with Crippen molar-refractivity contribution in [3.05, 3.63) is 75.9 Å². The van der Waals surface area contributed by atoms with Gasteiger partial charge in [0.2, 0.25) is 5.91 Å². The molecule has 1 aromatic carbocycles. The van der Waals surface area contributed by atoms with E-state index < -0.39 is 0 Å². The van der Waals surface area contributed by atoms with Gasteiger partial charge in [-0.1, -0.05) is 24.3 Å². The van der Waals surface area contributed by atoms with Gasteiger partial charge in [0.25, 0.3) is 10.0 Å². The summed E-state index contributed by atoms with van der Waals surface area (Å²) < 4.78 is 3.99. The van der Waals surface area contributed by atoms with Crippen LogP contribution >= 0.6 is 34.0 Å². The Balaban J connectivity index is 0.00000171. The van der Waals surface area contributed by atoms with Crippen molar-refractivity contribution < 1.29 is 43.6 Å². The number of hydrogen-bond acceptors (Lipinski definition) is 6. The smallest absolute Gasteiger partial charge is 0.295 e. The lowest BCUT2D eigenvalue weighted by molar-refractivity contribution is -0.132. The molecule has 1 aliphatic heterocycles. The van der Waals surface area contributed by atoms with Crippen molar-refractivity contribution in [1.82, 2.24) is 14.0 Å². The van der Waals surface area contributed by atoms with Crippen LogP contribution in [-0.4, -0.2) is 51.9 Å². The van der Waals surface area contributed by atoms with Crippen LogP contribution in [0.2, 0.25) is 0 Å². The van der Waals surface area contributed by atoms with Crippen LogP contribution in [0.5, 0.6) is 0 Å². The highest BCUT2D eigenvalue weighted by Gasteiger charge is 2.29. The van der Waals surface area contributed by atoms with Crippen LogP contribution in [0.3, 0.4) is 0 Å². The van der Waals surface area contributed by atoms with Crippen molar-refractivity contribution in [2.24, 2.45) is 0 Å². The number of ketones is 1. The van der Waals surface area contributed by atoms with E-state index >= 15 is 0 Å². The van der Waals surface area contributed by atoms with Gasteiger partial charge < -0.3 is 43.8 Å². The summed E-state index contributed by atoms with van der Waals surface area (Å²) in [6, 6.07) is 14.1. The largest absolute Gasteiger partial charge is 1.00 e. The fourth-order valence-corrected chi connectivity index (χ4v) is 6.55. The quantitative estimate of drug-likeness (QED) is 0.189. The maximum Gasteiger partial charge on any atom is 0.295 e. The molecule has 4 aromatic rings. The number of rotatable bonds is 7. The second-order valence-electron chi connectivity index (χ2n) is 7.78. The van der Waals surface area contributed by atoms with E-state index in [9.17, 15) is 9.59 Å². The number of nitrogens with zero attached hydrogens (tertiary/aromatic N) is 4. The normalized spacial score (nSPS) is 13.1. The Morgan fingerprint density at radius 3 is 2.00 bits per heavy atom. The molecular weight excluding hydrogens is 632 g/mol. The standard InChI is InChI=1S/C24H24N4O2S3.2BrH/c29-20(21-7-4-14-31-21)17-27-12-15-32-23(27)24-28(13-16-33-24)18-22(30)26-10-8-25(9-11-26)19-5-2-1-3-6-19;;/h1-7,12-16H,8-11,17-18H2;2*1H/q+2;;/p-2. The lowest BCUT2D eigenvalue weighted by Crippen LogP contribution is -3.00. The van der Waals surface area contributed by atoms with Crippen molar-refractivity contribution in [3.8, 4) is 10.0 Å². The summed E-state index contributed by atoms with van der Waals surface area (Å²) in [6.07, 6.45) is 3.91. The SMILES string of the molecule is O=C(Cn1ccs[c+]1-[c+]1sccn1CC(=O)N1CCN(c2ccccc2)CC1)c1cccs1.[Br-].[Br-]. The Bertz CT molecular complexity index is 1240. The van der Waals surface area contributed by atoms with Gasteiger partial charge in [-0.15, -0.1) is 11.3 Å². The number of Topliss-reactive ketones (excluding diaryl/α,β-unsaturated/α-hetero) is 1. The maximum atomic E-state index is 13.1. The number of aromatic nitrogens is 2. The Morgan fingerprint density at radius 1 is 0.771 bits per heavy atom. The zero-order valence-corrected chi connectivity index (χ0v) is 24.4. The summed E-state index contributed by atoms with van der Waals surface area (Å²) in [6.45, 7) is 3.73. The van der Waals surface area contributed by atoms with E-state index in [0.717, 1.165) is 41.1 Å². The van der Waals surface area contributed by atoms with E-state index in [-0.39, 0.29) is 45.7 Å². The number of carbonyl (C=O) groups excluding carboxylic acids is 2. The Morgan fingerprint density at radius 2 is 1.40 bits per heavy atom. The third kappa shape index (κ3) is 6.45. The summed E-state index contributed by atoms with van der Waals surface area (Å²) in [5.74, 6) is 0.232. The van der Waals surface area contributed by atoms with Crippen LogP contribution in [0, 0.1) is 0 Å². The third-order valence-electron chi connectivity index (χ3n) is 5.71. The number of amides is 1. The maximum absolute atomic E-state index is 13.1. The highest BCUT2D eigenvalue weighted by atomic mass is 79.9. The number of benzene rings is 1. The van der Waals surface area contributed by atoms with Crippen LogP contribution < -0.4 is 38.9 Å². The van der Waals surface area contributed by atoms with Crippen molar-refractivity contribution in [2.75, 3.05) is 31.1 Å². The number of halogens is 2. The lowest BCUT2D eigenvalue weighted by atomic mass is 10.2. The minimum Gasteiger partial charge on any atom is -1.00 e. The molecule has 0 saturated carbocycles. The molecule has 1 saturated heterocycles. The van der Waals surface area contributed by atoms with Gasteiger partial charge in [0.15, 0.2) is 28.9 Å². The predicted octanol–water partition coefficient (Wildman–Crippen LogP) is -1.06. The van der Waals surface area contributed by atoms with Crippen LogP contribution in [0.1, 0.15) is 9.67 Å². The average molecular weight is 656 g/mol. The summed E-state index contributed by atoms with van der Waals surface area (Å²) in [4.78, 5) is 30.8. The topological polar surface area (TPSA) is 50.5 Å². The van der Waals surface area contributed by atoms with Gasteiger partial charge in [-0.05, 0) is 23.6 Å². The molecule has 0 atom stereocenters. The van der Waals surface area contributed by atoms with E-state index in [0.29, 0.717) is 13.1 Å². The molecule has 35 heavy (non-hydrogen) atoms. The number of para-hydroxylation sites is 1. The highest BCUT2D eigenvalue weighted by molar-refractivity contribution is 7.19. The molecule has 0 aliphatic carbocycles. The summed E-state index contributed by atoms with van der Waals surface area (Å²) >= 11 is 4.66. The molecule has 4 heterocycles. The number of thiophene rings is 1. The zero-order valence-electron chi connectivity index (χ0n) is 18.8. The molecular formula is C24H24Br2N4O2S3. The Kier molecular flexibility index (Phi) is 10.2. The molecule has 6 nitrogen and oxygen atoms in total. The first-order chi connectivity index (χ1) is 16.2. The fourth-order valence-electron chi connectivity index (χ4n) is 3.97. The van der Waals surface area contributed by atoms with Crippen molar-refractivity contribution in [2.45, 2.75) is 13.1 Å². The molecule has 3 aromatic heterocycles. The molecule has 1 fully saturated rings. The van der Waals surface area contributed by atoms with E-state index in [2.05, 4.69) is 17.0 Å². The van der Waals surface area contributed by atoms with E-state index in [1.807, 2.05) is 72.9 Å². The number of hydrogen-bond donors (Lipinski definition) is 0. The van der Waals surface area contributed by atoms with Crippen molar-refractivity contribution >= 4 is 51.4 Å². The second kappa shape index (κ2) is 12.9. The molecule has 0 N–H and O–H groups in total. The summed E-state index contributed by atoms with van der Waals surface area (Å²) in [5.41, 5.74) is 1.21. The Labute approximate surface area is 237 Å². The minimum atomic E-state index is 0. The first kappa shape index (κ1) is 27.7. The zero-order chi connectivity index (χ0) is 22.6. The molecule has 11 heteroatoms. The molecule has 1 aliphatic rings. The molecule has 0 bridgehead atoms. The predicted molar refractivity (Wildman–Crippen MR) is 136 cm³/mol. The van der Waals surface area contributed by atoms with Crippen LogP contribution in [0.15, 0.2) is 71.0 Å². The summed E-state index contributed by atoms with van der Waals surface area (Å²) in [7, 11) is 0. The van der Waals surface area contributed by atoms with Crippen LogP contribution in [0.4, 0.5) is 5.69 Å². The lowest BCUT2D eigenvalue weighted by Gasteiger charge is -2.36. The van der Waals surface area contributed by atoms with Gasteiger partial charge in [-0.2, -0.15) is 4.57 Å². The Hall–Kier alpha value is -1.92. The number of carbonyl (C=O) groups is 2. The first-order valence-electron chi connectivity index (χ1n) is 10.8. The van der Waals surface area contributed by atoms with Crippen molar-refractivity contribution in [3.63, 3.8) is 0 Å². The first-order valence-corrected chi connectivity index (χ1v) is 13.4. The average Bonchev–Trinajstić information content (AvgIpc) is 3.62. The molecule has 0 unspecified atom stereocenters.